The Kier molecular flexibility index (Phi) is 6.07. The lowest BCUT2D eigenvalue weighted by atomic mass is 9.95. The number of aryl methyl sites for hydroxylation is 1. The second kappa shape index (κ2) is 8.65. The van der Waals surface area contributed by atoms with E-state index in [9.17, 15) is 15.0 Å². The van der Waals surface area contributed by atoms with Crippen LogP contribution < -0.4 is 4.74 Å². The Labute approximate surface area is 197 Å². The summed E-state index contributed by atoms with van der Waals surface area (Å²) in [4.78, 5) is 14.9. The van der Waals surface area contributed by atoms with Crippen molar-refractivity contribution in [3.8, 4) is 28.5 Å². The second-order valence-electron chi connectivity index (χ2n) is 7.43. The van der Waals surface area contributed by atoms with Gasteiger partial charge in [0.25, 0.3) is 5.91 Å². The van der Waals surface area contributed by atoms with Crippen LogP contribution in [-0.4, -0.2) is 58.6 Å². The summed E-state index contributed by atoms with van der Waals surface area (Å²) in [6, 6.07) is 6.03. The van der Waals surface area contributed by atoms with Gasteiger partial charge in [-0.25, -0.2) is 0 Å². The largest absolute Gasteiger partial charge is 0.507 e. The predicted molar refractivity (Wildman–Crippen MR) is 123 cm³/mol. The first-order chi connectivity index (χ1) is 15.3. The van der Waals surface area contributed by atoms with Gasteiger partial charge in [0.1, 0.15) is 17.1 Å². The number of aromatic amines is 1. The van der Waals surface area contributed by atoms with Crippen LogP contribution >= 0.6 is 27.5 Å². The highest BCUT2D eigenvalue weighted by Crippen LogP contribution is 2.47. The fraction of sp³-hybridized carbons (Fsp3) is 0.273. The molecule has 8 nitrogen and oxygen atoms in total. The fourth-order valence-electron chi connectivity index (χ4n) is 3.93. The first-order valence-electron chi connectivity index (χ1n) is 9.72. The predicted octanol–water partition coefficient (Wildman–Crippen LogP) is 4.41. The summed E-state index contributed by atoms with van der Waals surface area (Å²) in [6.07, 6.45) is 0. The molecule has 0 bridgehead atoms. The number of carbonyl (C=O) groups excluding carboxylic acids is 1. The quantitative estimate of drug-likeness (QED) is 0.443. The minimum atomic E-state index is -0.563. The molecule has 0 aliphatic carbocycles. The Morgan fingerprint density at radius 3 is 2.69 bits per heavy atom. The number of carbonyl (C=O) groups is 1. The standard InChI is InChI=1S/C22H21BrClN3O5/c1-10-6-15(28)12(9-14(10)24)18-17-19(26-25-18)22(30)27(4-5-31-2)20(17)11-7-13(23)21(29)16(8-11)32-3/h6-9,20,28-29H,4-5H2,1-3H3,(H,25,26). The van der Waals surface area contributed by atoms with Crippen molar-refractivity contribution in [3.05, 3.63) is 56.1 Å². The van der Waals surface area contributed by atoms with Gasteiger partial charge in [0.2, 0.25) is 0 Å². The van der Waals surface area contributed by atoms with Crippen molar-refractivity contribution in [2.24, 2.45) is 0 Å². The molecule has 3 aromatic rings. The summed E-state index contributed by atoms with van der Waals surface area (Å²) in [5, 5.41) is 28.5. The minimum Gasteiger partial charge on any atom is -0.507 e. The molecule has 0 spiro atoms. The molecule has 0 radical (unpaired) electrons. The molecule has 0 saturated heterocycles. The number of benzene rings is 2. The van der Waals surface area contributed by atoms with E-state index in [-0.39, 0.29) is 23.2 Å². The molecule has 1 aliphatic heterocycles. The van der Waals surface area contributed by atoms with E-state index in [1.165, 1.54) is 7.11 Å². The van der Waals surface area contributed by atoms with Gasteiger partial charge in [-0.15, -0.1) is 0 Å². The highest BCUT2D eigenvalue weighted by molar-refractivity contribution is 9.10. The Balaban J connectivity index is 1.94. The number of hydrogen-bond acceptors (Lipinski definition) is 6. The molecule has 2 heterocycles. The molecule has 0 saturated carbocycles. The third kappa shape index (κ3) is 3.60. The van der Waals surface area contributed by atoms with Gasteiger partial charge in [-0.1, -0.05) is 11.6 Å². The normalized spacial score (nSPS) is 15.3. The monoisotopic (exact) mass is 521 g/mol. The van der Waals surface area contributed by atoms with Crippen molar-refractivity contribution in [2.45, 2.75) is 13.0 Å². The number of hydrogen-bond donors (Lipinski definition) is 3. The Morgan fingerprint density at radius 2 is 2.00 bits per heavy atom. The number of methoxy groups -OCH3 is 2. The van der Waals surface area contributed by atoms with Gasteiger partial charge in [-0.05, 0) is 58.2 Å². The lowest BCUT2D eigenvalue weighted by Crippen LogP contribution is -2.32. The van der Waals surface area contributed by atoms with Crippen molar-refractivity contribution >= 4 is 33.4 Å². The molecule has 1 unspecified atom stereocenters. The van der Waals surface area contributed by atoms with Crippen LogP contribution in [0.5, 0.6) is 17.2 Å². The number of nitrogens with one attached hydrogen (secondary N) is 1. The van der Waals surface area contributed by atoms with Gasteiger partial charge in [0, 0.05) is 29.8 Å². The van der Waals surface area contributed by atoms with Crippen LogP contribution in [0.25, 0.3) is 11.3 Å². The van der Waals surface area contributed by atoms with Crippen molar-refractivity contribution < 1.29 is 24.5 Å². The molecular weight excluding hydrogens is 502 g/mol. The van der Waals surface area contributed by atoms with E-state index in [0.29, 0.717) is 50.7 Å². The van der Waals surface area contributed by atoms with Gasteiger partial charge in [0.05, 0.1) is 24.2 Å². The second-order valence-corrected chi connectivity index (χ2v) is 8.69. The molecule has 1 aliphatic rings. The lowest BCUT2D eigenvalue weighted by Gasteiger charge is -2.27. The van der Waals surface area contributed by atoms with Crippen LogP contribution in [0.15, 0.2) is 28.7 Å². The van der Waals surface area contributed by atoms with Gasteiger partial charge in [-0.3, -0.25) is 9.89 Å². The molecule has 1 aromatic heterocycles. The third-order valence-electron chi connectivity index (χ3n) is 5.52. The molecular formula is C22H21BrClN3O5. The molecule has 1 atom stereocenters. The summed E-state index contributed by atoms with van der Waals surface area (Å²) in [7, 11) is 3.02. The van der Waals surface area contributed by atoms with Crippen molar-refractivity contribution in [1.82, 2.24) is 15.1 Å². The van der Waals surface area contributed by atoms with E-state index in [2.05, 4.69) is 26.1 Å². The maximum atomic E-state index is 13.3. The van der Waals surface area contributed by atoms with Crippen LogP contribution in [-0.2, 0) is 4.74 Å². The molecule has 0 fully saturated rings. The van der Waals surface area contributed by atoms with Crippen LogP contribution in [0.1, 0.15) is 33.2 Å². The number of phenols is 2. The molecule has 4 rings (SSSR count). The fourth-order valence-corrected chi connectivity index (χ4v) is 4.56. The van der Waals surface area contributed by atoms with Crippen LogP contribution in [0.2, 0.25) is 5.02 Å². The zero-order valence-corrected chi connectivity index (χ0v) is 19.9. The van der Waals surface area contributed by atoms with E-state index in [0.717, 1.165) is 5.56 Å². The minimum absolute atomic E-state index is 0.00667. The first-order valence-corrected chi connectivity index (χ1v) is 10.9. The third-order valence-corrected chi connectivity index (χ3v) is 6.53. The lowest BCUT2D eigenvalue weighted by molar-refractivity contribution is 0.0677. The maximum Gasteiger partial charge on any atom is 0.273 e. The van der Waals surface area contributed by atoms with E-state index in [4.69, 9.17) is 21.1 Å². The smallest absolute Gasteiger partial charge is 0.273 e. The van der Waals surface area contributed by atoms with Gasteiger partial charge >= 0.3 is 0 Å². The number of phenolic OH excluding ortho intramolecular Hbond substituents is 2. The first kappa shape index (κ1) is 22.4. The zero-order chi connectivity index (χ0) is 23.2. The molecule has 10 heteroatoms. The number of amides is 1. The average Bonchev–Trinajstić information content (AvgIpc) is 3.30. The Hall–Kier alpha value is -2.75. The van der Waals surface area contributed by atoms with Gasteiger partial charge in [-0.2, -0.15) is 5.10 Å². The maximum absolute atomic E-state index is 13.3. The summed E-state index contributed by atoms with van der Waals surface area (Å²) in [5.74, 6) is -0.0262. The molecule has 3 N–H and O–H groups in total. The number of nitrogens with zero attached hydrogens (tertiary/aromatic N) is 2. The van der Waals surface area contributed by atoms with Crippen LogP contribution in [0, 0.1) is 6.92 Å². The van der Waals surface area contributed by atoms with E-state index >= 15 is 0 Å². The number of halogens is 2. The zero-order valence-electron chi connectivity index (χ0n) is 17.6. The highest BCUT2D eigenvalue weighted by Gasteiger charge is 2.42. The van der Waals surface area contributed by atoms with Crippen molar-refractivity contribution in [2.75, 3.05) is 27.4 Å². The van der Waals surface area contributed by atoms with E-state index in [1.54, 1.807) is 43.2 Å². The molecule has 2 aromatic carbocycles. The summed E-state index contributed by atoms with van der Waals surface area (Å²) in [6.45, 7) is 2.44. The summed E-state index contributed by atoms with van der Waals surface area (Å²) >= 11 is 9.67. The molecule has 32 heavy (non-hydrogen) atoms. The Morgan fingerprint density at radius 1 is 1.25 bits per heavy atom. The van der Waals surface area contributed by atoms with Gasteiger partial charge < -0.3 is 24.6 Å². The van der Waals surface area contributed by atoms with Gasteiger partial charge in [0.15, 0.2) is 11.5 Å². The summed E-state index contributed by atoms with van der Waals surface area (Å²) in [5.41, 5.74) is 3.16. The number of aromatic hydroxyl groups is 2. The van der Waals surface area contributed by atoms with E-state index in [1.807, 2.05) is 0 Å². The topological polar surface area (TPSA) is 108 Å². The van der Waals surface area contributed by atoms with Crippen molar-refractivity contribution in [1.29, 1.82) is 0 Å². The number of ether oxygens (including phenoxy) is 2. The van der Waals surface area contributed by atoms with E-state index < -0.39 is 6.04 Å². The number of aromatic nitrogens is 2. The number of fused-ring (bicyclic) bond motifs is 1. The molecule has 168 valence electrons. The average molecular weight is 523 g/mol. The van der Waals surface area contributed by atoms with Crippen LogP contribution in [0.3, 0.4) is 0 Å². The highest BCUT2D eigenvalue weighted by atomic mass is 79.9. The number of H-pyrrole nitrogens is 1. The van der Waals surface area contributed by atoms with Crippen LogP contribution in [0.4, 0.5) is 0 Å². The molecule has 1 amide bonds. The number of rotatable bonds is 6. The van der Waals surface area contributed by atoms with Crippen molar-refractivity contribution in [3.63, 3.8) is 0 Å². The summed E-state index contributed by atoms with van der Waals surface area (Å²) < 4.78 is 10.9. The SMILES string of the molecule is COCCN1C(=O)c2[nH]nc(-c3cc(Cl)c(C)cc3O)c2C1c1cc(Br)c(O)c(OC)c1. The Bertz CT molecular complexity index is 1210.